The number of hydrogen-bond acceptors (Lipinski definition) is 4. The number of aliphatic hydroxyl groups is 1. The Balaban J connectivity index is 1.70. The molecule has 0 bridgehead atoms. The number of hydrogen-bond donors (Lipinski definition) is 1. The zero-order valence-corrected chi connectivity index (χ0v) is 23.0. The number of ether oxygens (including phenoxy) is 2. The molecule has 2 aromatic rings. The molecule has 5 heteroatoms. The molecule has 190 valence electrons. The molecule has 0 amide bonds. The molecule has 1 saturated heterocycles. The van der Waals surface area contributed by atoms with Crippen molar-refractivity contribution < 1.29 is 19.0 Å². The van der Waals surface area contributed by atoms with Crippen molar-refractivity contribution in [3.63, 3.8) is 0 Å². The van der Waals surface area contributed by atoms with E-state index in [-0.39, 0.29) is 16.7 Å². The van der Waals surface area contributed by atoms with Crippen LogP contribution in [0, 0.1) is 11.3 Å². The van der Waals surface area contributed by atoms with Crippen LogP contribution in [0.3, 0.4) is 0 Å². The van der Waals surface area contributed by atoms with E-state index in [1.807, 2.05) is 0 Å². The summed E-state index contributed by atoms with van der Waals surface area (Å²) in [5.41, 5.74) is 1.12. The Morgan fingerprint density at radius 3 is 2.03 bits per heavy atom. The molecule has 1 aliphatic carbocycles. The third-order valence-electron chi connectivity index (χ3n) is 8.26. The minimum atomic E-state index is -2.66. The number of rotatable bonds is 8. The van der Waals surface area contributed by atoms with E-state index in [2.05, 4.69) is 101 Å². The SMILES string of the molecule is C[C@@H]1C[C@H](O)C=C(CO[Si](c2ccccc2)(c2ccccc2)C(C)(C)C)[C@]1(C)CCC1OCCO1. The number of aliphatic hydroxyl groups excluding tert-OH is 1. The molecule has 1 heterocycles. The molecule has 3 atom stereocenters. The molecule has 2 aliphatic rings. The van der Waals surface area contributed by atoms with E-state index in [9.17, 15) is 5.11 Å². The molecule has 0 saturated carbocycles. The van der Waals surface area contributed by atoms with E-state index in [1.165, 1.54) is 15.9 Å². The molecule has 0 radical (unpaired) electrons. The molecular formula is C30H42O4Si. The third-order valence-corrected chi connectivity index (χ3v) is 13.2. The maximum absolute atomic E-state index is 10.7. The van der Waals surface area contributed by atoms with Crippen LogP contribution >= 0.6 is 0 Å². The first kappa shape index (κ1) is 26.3. The summed E-state index contributed by atoms with van der Waals surface area (Å²) in [7, 11) is -2.66. The highest BCUT2D eigenvalue weighted by atomic mass is 28.4. The van der Waals surface area contributed by atoms with Gasteiger partial charge >= 0.3 is 0 Å². The van der Waals surface area contributed by atoms with Crippen LogP contribution in [0.2, 0.25) is 5.04 Å². The highest BCUT2D eigenvalue weighted by molar-refractivity contribution is 6.99. The lowest BCUT2D eigenvalue weighted by atomic mass is 9.64. The molecule has 2 aromatic carbocycles. The first-order valence-electron chi connectivity index (χ1n) is 13.0. The van der Waals surface area contributed by atoms with Crippen LogP contribution in [0.5, 0.6) is 0 Å². The van der Waals surface area contributed by atoms with Gasteiger partial charge in [0.15, 0.2) is 6.29 Å². The van der Waals surface area contributed by atoms with Crippen molar-refractivity contribution in [1.82, 2.24) is 0 Å². The summed E-state index contributed by atoms with van der Waals surface area (Å²) in [4.78, 5) is 0. The normalized spacial score (nSPS) is 26.1. The topological polar surface area (TPSA) is 47.9 Å². The fourth-order valence-electron chi connectivity index (χ4n) is 5.99. The van der Waals surface area contributed by atoms with Gasteiger partial charge in [-0.2, -0.15) is 0 Å². The predicted octanol–water partition coefficient (Wildman–Crippen LogP) is 5.05. The Morgan fingerprint density at radius 1 is 0.971 bits per heavy atom. The lowest BCUT2D eigenvalue weighted by Crippen LogP contribution is -2.66. The van der Waals surface area contributed by atoms with Gasteiger partial charge in [0.2, 0.25) is 0 Å². The highest BCUT2D eigenvalue weighted by Crippen LogP contribution is 2.47. The van der Waals surface area contributed by atoms with Gasteiger partial charge in [0.05, 0.1) is 25.9 Å². The first-order chi connectivity index (χ1) is 16.7. The van der Waals surface area contributed by atoms with Gasteiger partial charge in [-0.3, -0.25) is 0 Å². The van der Waals surface area contributed by atoms with Crippen LogP contribution in [0.25, 0.3) is 0 Å². The first-order valence-corrected chi connectivity index (χ1v) is 14.9. The predicted molar refractivity (Wildman–Crippen MR) is 144 cm³/mol. The van der Waals surface area contributed by atoms with E-state index in [1.54, 1.807) is 0 Å². The molecule has 0 aromatic heterocycles. The van der Waals surface area contributed by atoms with Crippen molar-refractivity contribution in [2.75, 3.05) is 19.8 Å². The molecule has 4 nitrogen and oxygen atoms in total. The molecule has 0 spiro atoms. The lowest BCUT2D eigenvalue weighted by Gasteiger charge is -2.47. The Morgan fingerprint density at radius 2 is 1.51 bits per heavy atom. The zero-order chi connectivity index (χ0) is 25.1. The second-order valence-corrected chi connectivity index (χ2v) is 15.8. The standard InChI is InChI=1S/C30H42O4Si/c1-23-20-25(31)21-24(30(23,5)17-16-28-32-18-19-33-28)22-34-35(29(2,3)4,26-12-8-6-9-13-26)27-14-10-7-11-15-27/h6-15,21,23,25,28,31H,16-20,22H2,1-5H3/t23-,25+,30-/m1/s1. The minimum Gasteiger partial charge on any atom is -0.403 e. The summed E-state index contributed by atoms with van der Waals surface area (Å²) in [5, 5.41) is 13.2. The third kappa shape index (κ3) is 5.35. The Bertz CT molecular complexity index is 939. The molecular weight excluding hydrogens is 452 g/mol. The van der Waals surface area contributed by atoms with Gasteiger partial charge in [0, 0.05) is 0 Å². The minimum absolute atomic E-state index is 0.0834. The van der Waals surface area contributed by atoms with E-state index in [4.69, 9.17) is 13.9 Å². The molecule has 0 unspecified atom stereocenters. The van der Waals surface area contributed by atoms with Crippen molar-refractivity contribution in [3.8, 4) is 0 Å². The smallest absolute Gasteiger partial charge is 0.261 e. The number of benzene rings is 2. The second kappa shape index (κ2) is 10.7. The van der Waals surface area contributed by atoms with Gasteiger partial charge in [0.1, 0.15) is 0 Å². The van der Waals surface area contributed by atoms with Crippen LogP contribution in [0.15, 0.2) is 72.3 Å². The summed E-state index contributed by atoms with van der Waals surface area (Å²) in [6.07, 6.45) is 4.08. The summed E-state index contributed by atoms with van der Waals surface area (Å²) in [5.74, 6) is 0.335. The van der Waals surface area contributed by atoms with E-state index in [0.717, 1.165) is 19.3 Å². The van der Waals surface area contributed by atoms with Gasteiger partial charge < -0.3 is 19.0 Å². The van der Waals surface area contributed by atoms with Gasteiger partial charge in [-0.1, -0.05) is 101 Å². The van der Waals surface area contributed by atoms with Crippen LogP contribution in [0.1, 0.15) is 53.9 Å². The van der Waals surface area contributed by atoms with Crippen molar-refractivity contribution in [2.45, 2.75) is 71.3 Å². The van der Waals surface area contributed by atoms with E-state index >= 15 is 0 Å². The zero-order valence-electron chi connectivity index (χ0n) is 22.0. The fourth-order valence-corrected chi connectivity index (χ4v) is 10.5. The van der Waals surface area contributed by atoms with Crippen molar-refractivity contribution in [3.05, 3.63) is 72.3 Å². The van der Waals surface area contributed by atoms with Crippen LogP contribution < -0.4 is 10.4 Å². The summed E-state index contributed by atoms with van der Waals surface area (Å²) >= 11 is 0. The quantitative estimate of drug-likeness (QED) is 0.412. The summed E-state index contributed by atoms with van der Waals surface area (Å²) in [6.45, 7) is 13.4. The maximum Gasteiger partial charge on any atom is 0.261 e. The van der Waals surface area contributed by atoms with Gasteiger partial charge in [-0.05, 0) is 51.6 Å². The van der Waals surface area contributed by atoms with E-state index in [0.29, 0.717) is 25.7 Å². The van der Waals surface area contributed by atoms with Crippen molar-refractivity contribution in [2.24, 2.45) is 11.3 Å². The van der Waals surface area contributed by atoms with Gasteiger partial charge in [0.25, 0.3) is 8.32 Å². The van der Waals surface area contributed by atoms with Gasteiger partial charge in [-0.25, -0.2) is 0 Å². The molecule has 1 aliphatic heterocycles. The Hall–Kier alpha value is -1.76. The van der Waals surface area contributed by atoms with Crippen molar-refractivity contribution in [1.29, 1.82) is 0 Å². The highest BCUT2D eigenvalue weighted by Gasteiger charge is 2.51. The molecule has 1 N–H and O–H groups in total. The Labute approximate surface area is 212 Å². The average Bonchev–Trinajstić information content (AvgIpc) is 3.36. The monoisotopic (exact) mass is 494 g/mol. The van der Waals surface area contributed by atoms with Crippen molar-refractivity contribution >= 4 is 18.7 Å². The fraction of sp³-hybridized carbons (Fsp3) is 0.533. The average molecular weight is 495 g/mol. The van der Waals surface area contributed by atoms with Crippen LogP contribution in [-0.4, -0.2) is 45.6 Å². The van der Waals surface area contributed by atoms with Crippen LogP contribution in [-0.2, 0) is 13.9 Å². The maximum atomic E-state index is 10.7. The molecule has 1 fully saturated rings. The molecule has 4 rings (SSSR count). The second-order valence-electron chi connectivity index (χ2n) is 11.5. The Kier molecular flexibility index (Phi) is 8.04. The summed E-state index contributed by atoms with van der Waals surface area (Å²) < 4.78 is 18.7. The molecule has 35 heavy (non-hydrogen) atoms. The van der Waals surface area contributed by atoms with E-state index < -0.39 is 14.4 Å². The van der Waals surface area contributed by atoms with Gasteiger partial charge in [-0.15, -0.1) is 0 Å². The lowest BCUT2D eigenvalue weighted by molar-refractivity contribution is -0.0562. The van der Waals surface area contributed by atoms with Crippen LogP contribution in [0.4, 0.5) is 0 Å². The largest absolute Gasteiger partial charge is 0.403 e. The summed E-state index contributed by atoms with van der Waals surface area (Å²) in [6, 6.07) is 21.5.